The molecule has 0 aromatic heterocycles. The van der Waals surface area contributed by atoms with E-state index >= 15 is 0 Å². The number of methoxy groups -OCH3 is 1. The Hall–Kier alpha value is -1.00. The van der Waals surface area contributed by atoms with Crippen molar-refractivity contribution >= 4 is 0 Å². The molecule has 0 heterocycles. The Morgan fingerprint density at radius 3 is 2.60 bits per heavy atom. The number of rotatable bonds is 4. The van der Waals surface area contributed by atoms with Crippen molar-refractivity contribution in [2.75, 3.05) is 7.11 Å². The first-order valence-electron chi connectivity index (χ1n) is 4.70. The maximum atomic E-state index is 13.2. The Labute approximate surface area is 87.5 Å². The predicted molar refractivity (Wildman–Crippen MR) is 52.4 cm³/mol. The zero-order valence-electron chi connectivity index (χ0n) is 8.71. The molecular weight excluding hydrogens is 202 g/mol. The summed E-state index contributed by atoms with van der Waals surface area (Å²) in [6, 6.07) is 3.13. The first kappa shape index (κ1) is 12.1. The van der Waals surface area contributed by atoms with E-state index in [4.69, 9.17) is 4.74 Å². The second-order valence-electron chi connectivity index (χ2n) is 3.46. The number of hydrogen-bond acceptors (Lipinski definition) is 2. The summed E-state index contributed by atoms with van der Waals surface area (Å²) in [5.74, 6) is -1.38. The van der Waals surface area contributed by atoms with Gasteiger partial charge in [0.25, 0.3) is 0 Å². The maximum Gasteiger partial charge on any atom is 0.131 e. The van der Waals surface area contributed by atoms with E-state index in [1.54, 1.807) is 6.92 Å². The van der Waals surface area contributed by atoms with E-state index < -0.39 is 17.7 Å². The van der Waals surface area contributed by atoms with Gasteiger partial charge in [-0.05, 0) is 13.0 Å². The van der Waals surface area contributed by atoms with Crippen LogP contribution in [0, 0.1) is 11.6 Å². The molecule has 0 saturated carbocycles. The average Bonchev–Trinajstić information content (AvgIpc) is 2.17. The first-order valence-corrected chi connectivity index (χ1v) is 4.70. The summed E-state index contributed by atoms with van der Waals surface area (Å²) in [4.78, 5) is 0. The van der Waals surface area contributed by atoms with Crippen LogP contribution in [-0.2, 0) is 4.74 Å². The van der Waals surface area contributed by atoms with Crippen LogP contribution >= 0.6 is 0 Å². The zero-order valence-corrected chi connectivity index (χ0v) is 8.71. The van der Waals surface area contributed by atoms with Gasteiger partial charge in [-0.1, -0.05) is 6.07 Å². The first-order chi connectivity index (χ1) is 7.04. The van der Waals surface area contributed by atoms with Crippen LogP contribution in [0.15, 0.2) is 18.2 Å². The Kier molecular flexibility index (Phi) is 4.17. The number of benzene rings is 1. The highest BCUT2D eigenvalue weighted by Crippen LogP contribution is 2.22. The van der Waals surface area contributed by atoms with E-state index in [-0.39, 0.29) is 18.1 Å². The van der Waals surface area contributed by atoms with Crippen molar-refractivity contribution < 1.29 is 18.6 Å². The Bertz CT molecular complexity index is 328. The minimum absolute atomic E-state index is 0.0975. The van der Waals surface area contributed by atoms with Crippen LogP contribution < -0.4 is 0 Å². The molecule has 0 aliphatic carbocycles. The standard InChI is InChI=1S/C11H14F2O2/c1-7(15-2)5-11(14)9-4-3-8(12)6-10(9)13/h3-4,6-7,11,14H,5H2,1-2H3. The van der Waals surface area contributed by atoms with Gasteiger partial charge in [0.2, 0.25) is 0 Å². The van der Waals surface area contributed by atoms with E-state index in [0.29, 0.717) is 0 Å². The van der Waals surface area contributed by atoms with Crippen molar-refractivity contribution in [2.45, 2.75) is 25.6 Å². The SMILES string of the molecule is COC(C)CC(O)c1ccc(F)cc1F. The molecule has 2 unspecified atom stereocenters. The summed E-state index contributed by atoms with van der Waals surface area (Å²) in [7, 11) is 1.51. The van der Waals surface area contributed by atoms with Crippen LogP contribution in [-0.4, -0.2) is 18.3 Å². The highest BCUT2D eigenvalue weighted by atomic mass is 19.1. The van der Waals surface area contributed by atoms with E-state index in [2.05, 4.69) is 0 Å². The lowest BCUT2D eigenvalue weighted by molar-refractivity contribution is 0.0545. The smallest absolute Gasteiger partial charge is 0.131 e. The molecule has 84 valence electrons. The van der Waals surface area contributed by atoms with Crippen molar-refractivity contribution in [1.29, 1.82) is 0 Å². The van der Waals surface area contributed by atoms with Crippen molar-refractivity contribution in [3.63, 3.8) is 0 Å². The normalized spacial score (nSPS) is 15.0. The largest absolute Gasteiger partial charge is 0.388 e. The molecule has 2 nitrogen and oxygen atoms in total. The topological polar surface area (TPSA) is 29.5 Å². The van der Waals surface area contributed by atoms with Gasteiger partial charge in [0.1, 0.15) is 11.6 Å². The number of halogens is 2. The molecule has 1 aromatic carbocycles. The number of hydrogen-bond donors (Lipinski definition) is 1. The lowest BCUT2D eigenvalue weighted by Crippen LogP contribution is -2.12. The third-order valence-electron chi connectivity index (χ3n) is 2.28. The summed E-state index contributed by atoms with van der Waals surface area (Å²) in [6.45, 7) is 1.77. The molecule has 0 aliphatic heterocycles. The van der Waals surface area contributed by atoms with Crippen molar-refractivity contribution in [2.24, 2.45) is 0 Å². The average molecular weight is 216 g/mol. The van der Waals surface area contributed by atoms with Crippen molar-refractivity contribution in [1.82, 2.24) is 0 Å². The summed E-state index contributed by atoms with van der Waals surface area (Å²) in [6.07, 6.45) is -0.871. The van der Waals surface area contributed by atoms with Gasteiger partial charge in [-0.2, -0.15) is 0 Å². The van der Waals surface area contributed by atoms with Crippen LogP contribution in [0.1, 0.15) is 25.0 Å². The molecule has 15 heavy (non-hydrogen) atoms. The Balaban J connectivity index is 2.77. The fourth-order valence-corrected chi connectivity index (χ4v) is 1.31. The number of ether oxygens (including phenoxy) is 1. The highest BCUT2D eigenvalue weighted by molar-refractivity contribution is 5.20. The molecule has 1 N–H and O–H groups in total. The van der Waals surface area contributed by atoms with Crippen LogP contribution in [0.4, 0.5) is 8.78 Å². The predicted octanol–water partition coefficient (Wildman–Crippen LogP) is 2.42. The van der Waals surface area contributed by atoms with E-state index in [1.807, 2.05) is 0 Å². The maximum absolute atomic E-state index is 13.2. The number of aliphatic hydroxyl groups excluding tert-OH is 1. The zero-order chi connectivity index (χ0) is 11.4. The molecule has 0 aliphatic rings. The Morgan fingerprint density at radius 2 is 2.07 bits per heavy atom. The van der Waals surface area contributed by atoms with Crippen molar-refractivity contribution in [3.8, 4) is 0 Å². The molecule has 0 bridgehead atoms. The van der Waals surface area contributed by atoms with Crippen LogP contribution in [0.5, 0.6) is 0 Å². The van der Waals surface area contributed by atoms with E-state index in [0.717, 1.165) is 12.1 Å². The third kappa shape index (κ3) is 3.25. The molecule has 0 spiro atoms. The molecule has 0 saturated heterocycles. The van der Waals surface area contributed by atoms with Gasteiger partial charge < -0.3 is 9.84 Å². The van der Waals surface area contributed by atoms with Gasteiger partial charge in [0.15, 0.2) is 0 Å². The minimum Gasteiger partial charge on any atom is -0.388 e. The lowest BCUT2D eigenvalue weighted by atomic mass is 10.0. The molecule has 0 fully saturated rings. The van der Waals surface area contributed by atoms with Crippen LogP contribution in [0.3, 0.4) is 0 Å². The second-order valence-corrected chi connectivity index (χ2v) is 3.46. The van der Waals surface area contributed by atoms with Gasteiger partial charge in [-0.25, -0.2) is 8.78 Å². The molecule has 0 radical (unpaired) electrons. The molecule has 0 amide bonds. The number of aliphatic hydroxyl groups is 1. The fourth-order valence-electron chi connectivity index (χ4n) is 1.31. The minimum atomic E-state index is -0.972. The van der Waals surface area contributed by atoms with Gasteiger partial charge in [0, 0.05) is 25.2 Å². The van der Waals surface area contributed by atoms with E-state index in [9.17, 15) is 13.9 Å². The van der Waals surface area contributed by atoms with Gasteiger partial charge in [-0.15, -0.1) is 0 Å². The lowest BCUT2D eigenvalue weighted by Gasteiger charge is -2.15. The molecular formula is C11H14F2O2. The molecule has 2 atom stereocenters. The molecule has 1 aromatic rings. The van der Waals surface area contributed by atoms with Gasteiger partial charge >= 0.3 is 0 Å². The monoisotopic (exact) mass is 216 g/mol. The van der Waals surface area contributed by atoms with Crippen LogP contribution in [0.25, 0.3) is 0 Å². The van der Waals surface area contributed by atoms with Gasteiger partial charge in [-0.3, -0.25) is 0 Å². The van der Waals surface area contributed by atoms with E-state index in [1.165, 1.54) is 13.2 Å². The quantitative estimate of drug-likeness (QED) is 0.837. The summed E-state index contributed by atoms with van der Waals surface area (Å²) in [5, 5.41) is 9.65. The summed E-state index contributed by atoms with van der Waals surface area (Å²) in [5.41, 5.74) is 0.0975. The molecule has 4 heteroatoms. The summed E-state index contributed by atoms with van der Waals surface area (Å²) < 4.78 is 30.8. The summed E-state index contributed by atoms with van der Waals surface area (Å²) >= 11 is 0. The Morgan fingerprint density at radius 1 is 1.40 bits per heavy atom. The fraction of sp³-hybridized carbons (Fsp3) is 0.455. The highest BCUT2D eigenvalue weighted by Gasteiger charge is 2.16. The van der Waals surface area contributed by atoms with Crippen LogP contribution in [0.2, 0.25) is 0 Å². The third-order valence-corrected chi connectivity index (χ3v) is 2.28. The second kappa shape index (κ2) is 5.19. The van der Waals surface area contributed by atoms with Crippen molar-refractivity contribution in [3.05, 3.63) is 35.4 Å². The molecule has 1 rings (SSSR count). The van der Waals surface area contributed by atoms with Gasteiger partial charge in [0.05, 0.1) is 12.2 Å².